The summed E-state index contributed by atoms with van der Waals surface area (Å²) in [5.41, 5.74) is 0.643. The monoisotopic (exact) mass is 284 g/mol. The summed E-state index contributed by atoms with van der Waals surface area (Å²) in [6, 6.07) is 5.11. The van der Waals surface area contributed by atoms with Gasteiger partial charge in [0.25, 0.3) is 5.69 Å². The zero-order chi connectivity index (χ0) is 13.8. The summed E-state index contributed by atoms with van der Waals surface area (Å²) >= 11 is 5.83. The molecule has 1 aliphatic rings. The average Bonchev–Trinajstić information content (AvgIpc) is 2.32. The standard InChI is InChI=1S/C13H17ClN2O3/c14-10-5-6-12(13(9-10)16(18)19)15(7-2-8-17)11-3-1-4-11/h5-6,9,11,17H,1-4,7-8H2. The molecule has 6 heteroatoms. The summed E-state index contributed by atoms with van der Waals surface area (Å²) in [6.07, 6.45) is 3.86. The van der Waals surface area contributed by atoms with Crippen LogP contribution >= 0.6 is 11.6 Å². The van der Waals surface area contributed by atoms with Crippen molar-refractivity contribution < 1.29 is 10.0 Å². The number of nitrogens with zero attached hydrogens (tertiary/aromatic N) is 2. The SMILES string of the molecule is O=[N+]([O-])c1cc(Cl)ccc1N(CCCO)C1CCC1. The molecular formula is C13H17ClN2O3. The fourth-order valence-electron chi connectivity index (χ4n) is 2.32. The van der Waals surface area contributed by atoms with Gasteiger partial charge >= 0.3 is 0 Å². The number of aliphatic hydroxyl groups is 1. The Hall–Kier alpha value is -1.33. The maximum absolute atomic E-state index is 11.2. The maximum atomic E-state index is 11.2. The minimum absolute atomic E-state index is 0.0392. The van der Waals surface area contributed by atoms with Gasteiger partial charge in [-0.25, -0.2) is 0 Å². The van der Waals surface area contributed by atoms with Crippen LogP contribution in [0.25, 0.3) is 0 Å². The molecule has 0 radical (unpaired) electrons. The van der Waals surface area contributed by atoms with Crippen LogP contribution in [0.15, 0.2) is 18.2 Å². The van der Waals surface area contributed by atoms with Crippen molar-refractivity contribution in [2.24, 2.45) is 0 Å². The van der Waals surface area contributed by atoms with Crippen molar-refractivity contribution in [2.45, 2.75) is 31.7 Å². The van der Waals surface area contributed by atoms with Crippen molar-refractivity contribution in [2.75, 3.05) is 18.1 Å². The van der Waals surface area contributed by atoms with E-state index in [0.717, 1.165) is 19.3 Å². The number of nitro benzene ring substituents is 1. The van der Waals surface area contributed by atoms with E-state index < -0.39 is 4.92 Å². The van der Waals surface area contributed by atoms with Crippen molar-refractivity contribution in [3.8, 4) is 0 Å². The van der Waals surface area contributed by atoms with Gasteiger partial charge in [0.2, 0.25) is 0 Å². The minimum Gasteiger partial charge on any atom is -0.396 e. The number of hydrogen-bond donors (Lipinski definition) is 1. The summed E-state index contributed by atoms with van der Waals surface area (Å²) in [7, 11) is 0. The second kappa shape index (κ2) is 6.21. The maximum Gasteiger partial charge on any atom is 0.294 e. The van der Waals surface area contributed by atoms with E-state index in [2.05, 4.69) is 0 Å². The molecule has 0 bridgehead atoms. The van der Waals surface area contributed by atoms with Gasteiger partial charge in [-0.15, -0.1) is 0 Å². The summed E-state index contributed by atoms with van der Waals surface area (Å²) in [4.78, 5) is 12.8. The molecule has 0 aliphatic heterocycles. The Bertz CT molecular complexity index is 463. The first-order chi connectivity index (χ1) is 9.13. The average molecular weight is 285 g/mol. The molecule has 1 aromatic carbocycles. The Balaban J connectivity index is 2.31. The lowest BCUT2D eigenvalue weighted by molar-refractivity contribution is -0.384. The molecule has 1 fully saturated rings. The van der Waals surface area contributed by atoms with Gasteiger partial charge in [0.05, 0.1) is 4.92 Å². The van der Waals surface area contributed by atoms with E-state index >= 15 is 0 Å². The molecule has 5 nitrogen and oxygen atoms in total. The van der Waals surface area contributed by atoms with E-state index in [1.807, 2.05) is 4.90 Å². The van der Waals surface area contributed by atoms with Crippen LogP contribution in [0.4, 0.5) is 11.4 Å². The molecule has 0 spiro atoms. The molecule has 1 aromatic rings. The van der Waals surface area contributed by atoms with Crippen LogP contribution in [0.5, 0.6) is 0 Å². The van der Waals surface area contributed by atoms with Crippen LogP contribution in [-0.4, -0.2) is 29.2 Å². The predicted octanol–water partition coefficient (Wildman–Crippen LogP) is 2.99. The van der Waals surface area contributed by atoms with Gasteiger partial charge in [-0.3, -0.25) is 10.1 Å². The van der Waals surface area contributed by atoms with Crippen LogP contribution in [-0.2, 0) is 0 Å². The first-order valence-corrected chi connectivity index (χ1v) is 6.82. The van der Waals surface area contributed by atoms with Gasteiger partial charge in [0.15, 0.2) is 0 Å². The second-order valence-corrected chi connectivity index (χ2v) is 5.18. The van der Waals surface area contributed by atoms with Gasteiger partial charge in [-0.05, 0) is 37.8 Å². The fraction of sp³-hybridized carbons (Fsp3) is 0.538. The molecule has 2 rings (SSSR count). The molecule has 0 heterocycles. The highest BCUT2D eigenvalue weighted by Gasteiger charge is 2.29. The molecule has 0 unspecified atom stereocenters. The zero-order valence-corrected chi connectivity index (χ0v) is 11.3. The summed E-state index contributed by atoms with van der Waals surface area (Å²) in [6.45, 7) is 0.717. The Morgan fingerprint density at radius 2 is 2.21 bits per heavy atom. The van der Waals surface area contributed by atoms with Gasteiger partial charge in [0, 0.05) is 30.3 Å². The number of aliphatic hydroxyl groups excluding tert-OH is 1. The van der Waals surface area contributed by atoms with Crippen LogP contribution < -0.4 is 4.90 Å². The van der Waals surface area contributed by atoms with Gasteiger partial charge in [-0.2, -0.15) is 0 Å². The third-order valence-electron chi connectivity index (χ3n) is 3.52. The lowest BCUT2D eigenvalue weighted by Crippen LogP contribution is -2.41. The van der Waals surface area contributed by atoms with Crippen LogP contribution in [0, 0.1) is 10.1 Å². The lowest BCUT2D eigenvalue weighted by Gasteiger charge is -2.39. The molecule has 0 amide bonds. The van der Waals surface area contributed by atoms with Crippen molar-refractivity contribution in [3.63, 3.8) is 0 Å². The van der Waals surface area contributed by atoms with E-state index in [1.165, 1.54) is 6.07 Å². The molecule has 104 valence electrons. The molecule has 1 N–H and O–H groups in total. The predicted molar refractivity (Wildman–Crippen MR) is 74.8 cm³/mol. The Labute approximate surface area is 116 Å². The summed E-state index contributed by atoms with van der Waals surface area (Å²) < 4.78 is 0. The minimum atomic E-state index is -0.397. The smallest absolute Gasteiger partial charge is 0.294 e. The second-order valence-electron chi connectivity index (χ2n) is 4.75. The summed E-state index contributed by atoms with van der Waals surface area (Å²) in [5.74, 6) is 0. The third kappa shape index (κ3) is 3.16. The molecule has 0 atom stereocenters. The van der Waals surface area contributed by atoms with Crippen LogP contribution in [0.3, 0.4) is 0 Å². The van der Waals surface area contributed by atoms with Crippen LogP contribution in [0.1, 0.15) is 25.7 Å². The topological polar surface area (TPSA) is 66.6 Å². The van der Waals surface area contributed by atoms with E-state index in [4.69, 9.17) is 16.7 Å². The molecule has 0 saturated heterocycles. The molecule has 0 aromatic heterocycles. The van der Waals surface area contributed by atoms with Crippen molar-refractivity contribution >= 4 is 23.0 Å². The largest absolute Gasteiger partial charge is 0.396 e. The Morgan fingerprint density at radius 1 is 1.47 bits per heavy atom. The third-order valence-corrected chi connectivity index (χ3v) is 3.75. The van der Waals surface area contributed by atoms with E-state index in [0.29, 0.717) is 29.7 Å². The number of halogens is 1. The molecule has 1 aliphatic carbocycles. The molecule has 19 heavy (non-hydrogen) atoms. The van der Waals surface area contributed by atoms with Gasteiger partial charge in [-0.1, -0.05) is 11.6 Å². The highest BCUT2D eigenvalue weighted by molar-refractivity contribution is 6.30. The Kier molecular flexibility index (Phi) is 4.61. The van der Waals surface area contributed by atoms with Gasteiger partial charge in [0.1, 0.15) is 5.69 Å². The Morgan fingerprint density at radius 3 is 2.74 bits per heavy atom. The van der Waals surface area contributed by atoms with Crippen molar-refractivity contribution in [3.05, 3.63) is 33.3 Å². The highest BCUT2D eigenvalue weighted by Crippen LogP contribution is 2.36. The summed E-state index contributed by atoms with van der Waals surface area (Å²) in [5, 5.41) is 20.5. The first kappa shape index (κ1) is 14.1. The van der Waals surface area contributed by atoms with E-state index in [9.17, 15) is 10.1 Å². The lowest BCUT2D eigenvalue weighted by atomic mass is 9.90. The first-order valence-electron chi connectivity index (χ1n) is 6.45. The normalized spacial score (nSPS) is 15.1. The van der Waals surface area contributed by atoms with Crippen molar-refractivity contribution in [1.29, 1.82) is 0 Å². The van der Waals surface area contributed by atoms with Crippen LogP contribution in [0.2, 0.25) is 5.02 Å². The molecule has 1 saturated carbocycles. The fourth-order valence-corrected chi connectivity index (χ4v) is 2.49. The molecular weight excluding hydrogens is 268 g/mol. The number of rotatable bonds is 6. The number of nitro groups is 1. The quantitative estimate of drug-likeness (QED) is 0.644. The van der Waals surface area contributed by atoms with E-state index in [-0.39, 0.29) is 12.3 Å². The number of benzene rings is 1. The highest BCUT2D eigenvalue weighted by atomic mass is 35.5. The van der Waals surface area contributed by atoms with Crippen molar-refractivity contribution in [1.82, 2.24) is 0 Å². The van der Waals surface area contributed by atoms with Gasteiger partial charge < -0.3 is 10.0 Å². The number of hydrogen-bond acceptors (Lipinski definition) is 4. The zero-order valence-electron chi connectivity index (χ0n) is 10.6. The number of anilines is 1. The van der Waals surface area contributed by atoms with E-state index in [1.54, 1.807) is 12.1 Å².